The van der Waals surface area contributed by atoms with Gasteiger partial charge in [0, 0.05) is 40.6 Å². The number of nitrogens with one attached hydrogen (secondary N) is 1. The Bertz CT molecular complexity index is 485. The van der Waals surface area contributed by atoms with E-state index in [0.717, 1.165) is 13.1 Å². The summed E-state index contributed by atoms with van der Waals surface area (Å²) in [6.07, 6.45) is 5.51. The normalized spacial score (nSPS) is 26.6. The van der Waals surface area contributed by atoms with Crippen LogP contribution in [0.25, 0.3) is 0 Å². The smallest absolute Gasteiger partial charge is 0.0346 e. The van der Waals surface area contributed by atoms with Crippen molar-refractivity contribution < 1.29 is 0 Å². The van der Waals surface area contributed by atoms with Gasteiger partial charge >= 0.3 is 0 Å². The zero-order chi connectivity index (χ0) is 15.1. The number of halogens is 1. The Morgan fingerprint density at radius 1 is 1.38 bits per heavy atom. The maximum Gasteiger partial charge on any atom is 0.0346 e. The molecule has 21 heavy (non-hydrogen) atoms. The number of rotatable bonds is 2. The van der Waals surface area contributed by atoms with E-state index in [9.17, 15) is 0 Å². The van der Waals surface area contributed by atoms with Gasteiger partial charge in [-0.3, -0.25) is 4.90 Å². The van der Waals surface area contributed by atoms with Crippen molar-refractivity contribution in [3.63, 3.8) is 0 Å². The van der Waals surface area contributed by atoms with Crippen LogP contribution in [-0.4, -0.2) is 29.6 Å². The molecule has 2 nitrogen and oxygen atoms in total. The predicted molar refractivity (Wildman–Crippen MR) is 94.9 cm³/mol. The first-order valence-corrected chi connectivity index (χ1v) is 9.78. The van der Waals surface area contributed by atoms with Crippen molar-refractivity contribution >= 4 is 27.3 Å². The summed E-state index contributed by atoms with van der Waals surface area (Å²) in [5.74, 6) is 0. The van der Waals surface area contributed by atoms with Gasteiger partial charge in [0.15, 0.2) is 0 Å². The first kappa shape index (κ1) is 16.0. The van der Waals surface area contributed by atoms with Gasteiger partial charge in [0.25, 0.3) is 0 Å². The van der Waals surface area contributed by atoms with Gasteiger partial charge in [-0.2, -0.15) is 0 Å². The SMILES string of the molecule is CC(C)(C)C1CN(Cc2sccc2Br)C2(CCCC2)CN1. The molecule has 0 aromatic carbocycles. The molecule has 1 N–H and O–H groups in total. The second-order valence-corrected chi connectivity index (χ2v) is 9.66. The van der Waals surface area contributed by atoms with Gasteiger partial charge in [-0.05, 0) is 45.6 Å². The van der Waals surface area contributed by atoms with Crippen LogP contribution in [-0.2, 0) is 6.54 Å². The van der Waals surface area contributed by atoms with Crippen molar-refractivity contribution in [1.29, 1.82) is 0 Å². The number of thiophene rings is 1. The molecule has 1 saturated carbocycles. The average molecular weight is 371 g/mol. The monoisotopic (exact) mass is 370 g/mol. The van der Waals surface area contributed by atoms with E-state index in [0.29, 0.717) is 17.0 Å². The van der Waals surface area contributed by atoms with Crippen LogP contribution in [0.4, 0.5) is 0 Å². The van der Waals surface area contributed by atoms with E-state index in [4.69, 9.17) is 0 Å². The summed E-state index contributed by atoms with van der Waals surface area (Å²) in [6.45, 7) is 10.5. The molecule has 1 unspecified atom stereocenters. The number of nitrogens with zero attached hydrogens (tertiary/aromatic N) is 1. The van der Waals surface area contributed by atoms with E-state index in [1.807, 2.05) is 11.3 Å². The molecule has 0 radical (unpaired) electrons. The molecule has 1 aliphatic heterocycles. The summed E-state index contributed by atoms with van der Waals surface area (Å²) in [5, 5.41) is 6.06. The molecule has 3 rings (SSSR count). The molecule has 1 aromatic rings. The molecule has 118 valence electrons. The average Bonchev–Trinajstić information content (AvgIpc) is 3.02. The molecule has 0 amide bonds. The Hall–Kier alpha value is 0.1000. The standard InChI is InChI=1S/C17H27BrN2S/c1-16(2,3)15-11-20(10-14-13(18)6-9-21-14)17(12-19-15)7-4-5-8-17/h6,9,15,19H,4-5,7-8,10-12H2,1-3H3. The van der Waals surface area contributed by atoms with Crippen molar-refractivity contribution in [1.82, 2.24) is 10.2 Å². The lowest BCUT2D eigenvalue weighted by Gasteiger charge is -2.51. The lowest BCUT2D eigenvalue weighted by molar-refractivity contribution is 0.0113. The summed E-state index contributed by atoms with van der Waals surface area (Å²) < 4.78 is 1.28. The van der Waals surface area contributed by atoms with Crippen LogP contribution in [0.3, 0.4) is 0 Å². The summed E-state index contributed by atoms with van der Waals surface area (Å²) in [4.78, 5) is 4.28. The first-order valence-electron chi connectivity index (χ1n) is 8.11. The van der Waals surface area contributed by atoms with E-state index in [2.05, 4.69) is 58.4 Å². The van der Waals surface area contributed by atoms with E-state index < -0.39 is 0 Å². The summed E-state index contributed by atoms with van der Waals surface area (Å²) in [5.41, 5.74) is 0.732. The molecule has 4 heteroatoms. The van der Waals surface area contributed by atoms with E-state index in [-0.39, 0.29) is 0 Å². The second-order valence-electron chi connectivity index (χ2n) is 7.80. The van der Waals surface area contributed by atoms with Crippen molar-refractivity contribution in [2.45, 2.75) is 64.6 Å². The molecule has 1 saturated heterocycles. The lowest BCUT2D eigenvalue weighted by atomic mass is 9.81. The maximum absolute atomic E-state index is 3.87. The van der Waals surface area contributed by atoms with Crippen LogP contribution in [0.2, 0.25) is 0 Å². The van der Waals surface area contributed by atoms with Gasteiger partial charge in [-0.25, -0.2) is 0 Å². The fraction of sp³-hybridized carbons (Fsp3) is 0.765. The Labute approximate surface area is 141 Å². The van der Waals surface area contributed by atoms with Crippen LogP contribution in [0.1, 0.15) is 51.3 Å². The molecular formula is C17H27BrN2S. The number of hydrogen-bond acceptors (Lipinski definition) is 3. The van der Waals surface area contributed by atoms with Crippen molar-refractivity contribution in [3.05, 3.63) is 20.8 Å². The fourth-order valence-corrected chi connectivity index (χ4v) is 5.35. The summed E-state index contributed by atoms with van der Waals surface area (Å²) in [7, 11) is 0. The highest BCUT2D eigenvalue weighted by molar-refractivity contribution is 9.10. The predicted octanol–water partition coefficient (Wildman–Crippen LogP) is 4.64. The third kappa shape index (κ3) is 3.24. The molecule has 2 aliphatic rings. The van der Waals surface area contributed by atoms with Crippen LogP contribution in [0, 0.1) is 5.41 Å². The Morgan fingerprint density at radius 2 is 2.10 bits per heavy atom. The topological polar surface area (TPSA) is 15.3 Å². The number of piperazine rings is 1. The van der Waals surface area contributed by atoms with E-state index in [1.165, 1.54) is 41.6 Å². The second kappa shape index (κ2) is 5.95. The van der Waals surface area contributed by atoms with Crippen molar-refractivity contribution in [3.8, 4) is 0 Å². The van der Waals surface area contributed by atoms with Gasteiger partial charge in [0.05, 0.1) is 0 Å². The molecule has 1 spiro atoms. The molecule has 0 bridgehead atoms. The molecular weight excluding hydrogens is 344 g/mol. The highest BCUT2D eigenvalue weighted by atomic mass is 79.9. The lowest BCUT2D eigenvalue weighted by Crippen LogP contribution is -2.65. The Balaban J connectivity index is 1.81. The number of hydrogen-bond donors (Lipinski definition) is 1. The minimum Gasteiger partial charge on any atom is -0.310 e. The van der Waals surface area contributed by atoms with Gasteiger partial charge in [-0.15, -0.1) is 11.3 Å². The van der Waals surface area contributed by atoms with Crippen molar-refractivity contribution in [2.75, 3.05) is 13.1 Å². The summed E-state index contributed by atoms with van der Waals surface area (Å²) in [6, 6.07) is 2.77. The Morgan fingerprint density at radius 3 is 2.67 bits per heavy atom. The highest BCUT2D eigenvalue weighted by Crippen LogP contribution is 2.40. The van der Waals surface area contributed by atoms with Gasteiger partial charge in [-0.1, -0.05) is 33.6 Å². The summed E-state index contributed by atoms with van der Waals surface area (Å²) >= 11 is 5.60. The molecule has 1 atom stereocenters. The molecule has 1 aliphatic carbocycles. The van der Waals surface area contributed by atoms with Crippen LogP contribution in [0.5, 0.6) is 0 Å². The third-order valence-corrected chi connectivity index (χ3v) is 7.27. The van der Waals surface area contributed by atoms with Gasteiger partial charge in [0.2, 0.25) is 0 Å². The first-order chi connectivity index (χ1) is 9.91. The molecule has 2 heterocycles. The van der Waals surface area contributed by atoms with Crippen molar-refractivity contribution in [2.24, 2.45) is 5.41 Å². The third-order valence-electron chi connectivity index (χ3n) is 5.36. The highest BCUT2D eigenvalue weighted by Gasteiger charge is 2.45. The van der Waals surface area contributed by atoms with Gasteiger partial charge in [0.1, 0.15) is 0 Å². The minimum absolute atomic E-state index is 0.325. The quantitative estimate of drug-likeness (QED) is 0.815. The minimum atomic E-state index is 0.325. The van der Waals surface area contributed by atoms with Crippen LogP contribution < -0.4 is 5.32 Å². The fourth-order valence-electron chi connectivity index (χ4n) is 3.85. The zero-order valence-corrected chi connectivity index (χ0v) is 15.8. The van der Waals surface area contributed by atoms with E-state index >= 15 is 0 Å². The zero-order valence-electron chi connectivity index (χ0n) is 13.4. The largest absolute Gasteiger partial charge is 0.310 e. The van der Waals surface area contributed by atoms with Crippen LogP contribution in [0.15, 0.2) is 15.9 Å². The molecule has 1 aromatic heterocycles. The van der Waals surface area contributed by atoms with Crippen LogP contribution >= 0.6 is 27.3 Å². The molecule has 2 fully saturated rings. The van der Waals surface area contributed by atoms with E-state index in [1.54, 1.807) is 0 Å². The van der Waals surface area contributed by atoms with Gasteiger partial charge < -0.3 is 5.32 Å². The Kier molecular flexibility index (Phi) is 4.53. The maximum atomic E-state index is 3.87.